The Balaban J connectivity index is 1.46. The molecule has 0 fully saturated rings. The number of hydrogen-bond acceptors (Lipinski definition) is 4. The Kier molecular flexibility index (Phi) is 4.88. The fraction of sp³-hybridized carbons (Fsp3) is 0.118. The molecule has 1 N–H and O–H groups in total. The third kappa shape index (κ3) is 3.96. The van der Waals surface area contributed by atoms with Crippen molar-refractivity contribution in [3.8, 4) is 10.4 Å². The highest BCUT2D eigenvalue weighted by molar-refractivity contribution is 7.16. The highest BCUT2D eigenvalue weighted by Gasteiger charge is 2.04. The number of nitrogens with one attached hydrogen (secondary N) is 1. The number of thiophene rings is 2. The molecule has 1 amide bonds. The van der Waals surface area contributed by atoms with Crippen LogP contribution >= 0.6 is 22.7 Å². The van der Waals surface area contributed by atoms with E-state index in [1.54, 1.807) is 47.1 Å². The first-order valence-corrected chi connectivity index (χ1v) is 8.68. The molecule has 22 heavy (non-hydrogen) atoms. The largest absolute Gasteiger partial charge is 0.465 e. The summed E-state index contributed by atoms with van der Waals surface area (Å²) in [5, 5.41) is 7.11. The third-order valence-corrected chi connectivity index (χ3v) is 4.96. The Labute approximate surface area is 136 Å². The zero-order valence-corrected chi connectivity index (χ0v) is 13.5. The monoisotopic (exact) mass is 329 g/mol. The molecule has 0 spiro atoms. The van der Waals surface area contributed by atoms with Gasteiger partial charge in [-0.15, -0.1) is 11.3 Å². The Hall–Kier alpha value is -2.11. The van der Waals surface area contributed by atoms with Crippen LogP contribution in [0.1, 0.15) is 10.6 Å². The maximum absolute atomic E-state index is 11.7. The minimum atomic E-state index is -0.106. The summed E-state index contributed by atoms with van der Waals surface area (Å²) in [4.78, 5) is 14.2. The van der Waals surface area contributed by atoms with Crippen molar-refractivity contribution in [1.29, 1.82) is 0 Å². The summed E-state index contributed by atoms with van der Waals surface area (Å²) in [5.74, 6) is 0.569. The summed E-state index contributed by atoms with van der Waals surface area (Å²) < 4.78 is 5.13. The van der Waals surface area contributed by atoms with Crippen LogP contribution in [0.3, 0.4) is 0 Å². The maximum Gasteiger partial charge on any atom is 0.244 e. The first-order valence-electron chi connectivity index (χ1n) is 6.92. The van der Waals surface area contributed by atoms with Crippen molar-refractivity contribution in [1.82, 2.24) is 5.32 Å². The molecule has 0 saturated heterocycles. The SMILES string of the molecule is O=C(C=Cc1ccco1)NCCc1ccc(-c2ccsc2)s1. The van der Waals surface area contributed by atoms with Gasteiger partial charge in [-0.25, -0.2) is 0 Å². The molecular formula is C17H15NO2S2. The number of rotatable bonds is 6. The van der Waals surface area contributed by atoms with Crippen LogP contribution < -0.4 is 5.32 Å². The number of amides is 1. The van der Waals surface area contributed by atoms with Crippen LogP contribution in [0.15, 0.2) is 57.8 Å². The fourth-order valence-corrected chi connectivity index (χ4v) is 3.72. The Morgan fingerprint density at radius 2 is 2.23 bits per heavy atom. The summed E-state index contributed by atoms with van der Waals surface area (Å²) in [6, 6.07) is 9.99. The average molecular weight is 329 g/mol. The zero-order valence-electron chi connectivity index (χ0n) is 11.8. The molecule has 0 atom stereocenters. The van der Waals surface area contributed by atoms with Crippen LogP contribution in [-0.2, 0) is 11.2 Å². The number of carbonyl (C=O) groups excluding carboxylic acids is 1. The molecular weight excluding hydrogens is 314 g/mol. The molecule has 3 nitrogen and oxygen atoms in total. The molecule has 0 aliphatic carbocycles. The van der Waals surface area contributed by atoms with Gasteiger partial charge in [-0.05, 0) is 53.6 Å². The van der Waals surface area contributed by atoms with E-state index >= 15 is 0 Å². The topological polar surface area (TPSA) is 42.2 Å². The van der Waals surface area contributed by atoms with Crippen molar-refractivity contribution < 1.29 is 9.21 Å². The van der Waals surface area contributed by atoms with E-state index in [2.05, 4.69) is 34.3 Å². The van der Waals surface area contributed by atoms with E-state index < -0.39 is 0 Å². The molecule has 5 heteroatoms. The Morgan fingerprint density at radius 1 is 1.27 bits per heavy atom. The molecule has 0 aliphatic heterocycles. The van der Waals surface area contributed by atoms with E-state index in [0.29, 0.717) is 12.3 Å². The van der Waals surface area contributed by atoms with Crippen LogP contribution in [0, 0.1) is 0 Å². The first-order chi connectivity index (χ1) is 10.8. The zero-order chi connectivity index (χ0) is 15.2. The molecule has 0 radical (unpaired) electrons. The van der Waals surface area contributed by atoms with Gasteiger partial charge >= 0.3 is 0 Å². The second-order valence-electron chi connectivity index (χ2n) is 4.67. The lowest BCUT2D eigenvalue weighted by Crippen LogP contribution is -2.23. The van der Waals surface area contributed by atoms with Crippen LogP contribution in [0.2, 0.25) is 0 Å². The van der Waals surface area contributed by atoms with Crippen LogP contribution in [0.5, 0.6) is 0 Å². The van der Waals surface area contributed by atoms with Crippen LogP contribution in [-0.4, -0.2) is 12.5 Å². The van der Waals surface area contributed by atoms with Crippen molar-refractivity contribution in [3.63, 3.8) is 0 Å². The second-order valence-corrected chi connectivity index (χ2v) is 6.62. The van der Waals surface area contributed by atoms with E-state index in [1.807, 2.05) is 0 Å². The predicted molar refractivity (Wildman–Crippen MR) is 92.1 cm³/mol. The second kappa shape index (κ2) is 7.24. The summed E-state index contributed by atoms with van der Waals surface area (Å²) in [6.45, 7) is 0.630. The van der Waals surface area contributed by atoms with Gasteiger partial charge in [-0.1, -0.05) is 0 Å². The van der Waals surface area contributed by atoms with Gasteiger partial charge in [0.1, 0.15) is 5.76 Å². The smallest absolute Gasteiger partial charge is 0.244 e. The van der Waals surface area contributed by atoms with Crippen molar-refractivity contribution in [2.45, 2.75) is 6.42 Å². The molecule has 112 valence electrons. The lowest BCUT2D eigenvalue weighted by Gasteiger charge is -2.00. The molecule has 0 aliphatic rings. The number of furan rings is 1. The van der Waals surface area contributed by atoms with Gasteiger partial charge in [-0.2, -0.15) is 11.3 Å². The van der Waals surface area contributed by atoms with Gasteiger partial charge in [0.15, 0.2) is 0 Å². The first kappa shape index (κ1) is 14.8. The molecule has 0 aromatic carbocycles. The minimum absolute atomic E-state index is 0.106. The molecule has 0 bridgehead atoms. The maximum atomic E-state index is 11.7. The Morgan fingerprint density at radius 3 is 3.00 bits per heavy atom. The van der Waals surface area contributed by atoms with Gasteiger partial charge in [0, 0.05) is 27.9 Å². The standard InChI is InChI=1S/C17H15NO2S2/c19-17(6-3-14-2-1-10-20-14)18-9-7-15-4-5-16(22-15)13-8-11-21-12-13/h1-6,8,10-12H,7,9H2,(H,18,19). The average Bonchev–Trinajstić information content (AvgIpc) is 3.26. The summed E-state index contributed by atoms with van der Waals surface area (Å²) in [5.41, 5.74) is 1.27. The summed E-state index contributed by atoms with van der Waals surface area (Å²) >= 11 is 3.48. The molecule has 3 aromatic rings. The lowest BCUT2D eigenvalue weighted by atomic mass is 10.3. The molecule has 3 heterocycles. The van der Waals surface area contributed by atoms with Crippen molar-refractivity contribution in [2.75, 3.05) is 6.54 Å². The summed E-state index contributed by atoms with van der Waals surface area (Å²) in [6.07, 6.45) is 5.58. The van der Waals surface area contributed by atoms with Crippen molar-refractivity contribution in [2.24, 2.45) is 0 Å². The van der Waals surface area contributed by atoms with E-state index in [4.69, 9.17) is 4.42 Å². The van der Waals surface area contributed by atoms with Crippen LogP contribution in [0.25, 0.3) is 16.5 Å². The highest BCUT2D eigenvalue weighted by atomic mass is 32.1. The van der Waals surface area contributed by atoms with Gasteiger partial charge in [-0.3, -0.25) is 4.79 Å². The fourth-order valence-electron chi connectivity index (χ4n) is 1.98. The van der Waals surface area contributed by atoms with Crippen LogP contribution in [0.4, 0.5) is 0 Å². The molecule has 3 rings (SSSR count). The third-order valence-electron chi connectivity index (χ3n) is 3.08. The Bertz CT molecular complexity index is 740. The van der Waals surface area contributed by atoms with Gasteiger partial charge < -0.3 is 9.73 Å². The predicted octanol–water partition coefficient (Wildman–Crippen LogP) is 4.44. The number of hydrogen-bond donors (Lipinski definition) is 1. The van der Waals surface area contributed by atoms with Crippen molar-refractivity contribution >= 4 is 34.7 Å². The lowest BCUT2D eigenvalue weighted by molar-refractivity contribution is -0.116. The van der Waals surface area contributed by atoms with Gasteiger partial charge in [0.25, 0.3) is 0 Å². The van der Waals surface area contributed by atoms with Crippen molar-refractivity contribution in [3.05, 3.63) is 64.1 Å². The molecule has 0 saturated carbocycles. The quantitative estimate of drug-likeness (QED) is 0.679. The van der Waals surface area contributed by atoms with E-state index in [-0.39, 0.29) is 5.91 Å². The van der Waals surface area contributed by atoms with Gasteiger partial charge in [0.2, 0.25) is 5.91 Å². The number of carbonyl (C=O) groups is 1. The normalized spacial score (nSPS) is 11.1. The summed E-state index contributed by atoms with van der Waals surface area (Å²) in [7, 11) is 0. The molecule has 0 unspecified atom stereocenters. The highest BCUT2D eigenvalue weighted by Crippen LogP contribution is 2.29. The molecule has 3 aromatic heterocycles. The van der Waals surface area contributed by atoms with E-state index in [9.17, 15) is 4.79 Å². The van der Waals surface area contributed by atoms with E-state index in [1.165, 1.54) is 21.4 Å². The minimum Gasteiger partial charge on any atom is -0.465 e. The van der Waals surface area contributed by atoms with E-state index in [0.717, 1.165) is 6.42 Å². The van der Waals surface area contributed by atoms with Gasteiger partial charge in [0.05, 0.1) is 6.26 Å².